The second-order valence-electron chi connectivity index (χ2n) is 4.36. The largest absolute Gasteiger partial charge is 0.493 e. The summed E-state index contributed by atoms with van der Waals surface area (Å²) in [5.41, 5.74) is 6.61. The van der Waals surface area contributed by atoms with Crippen LogP contribution in [-0.4, -0.2) is 35.8 Å². The van der Waals surface area contributed by atoms with Crippen LogP contribution in [-0.2, 0) is 4.79 Å². The van der Waals surface area contributed by atoms with Crippen molar-refractivity contribution in [1.82, 2.24) is 0 Å². The lowest BCUT2D eigenvalue weighted by molar-refractivity contribution is -0.137. The maximum atomic E-state index is 10.8. The molecule has 1 heterocycles. The van der Waals surface area contributed by atoms with E-state index in [9.17, 15) is 4.79 Å². The van der Waals surface area contributed by atoms with Crippen LogP contribution in [0.15, 0.2) is 18.2 Å². The first kappa shape index (κ1) is 14.0. The van der Waals surface area contributed by atoms with Gasteiger partial charge in [0.05, 0.1) is 13.5 Å². The minimum absolute atomic E-state index is 0.136. The first-order chi connectivity index (χ1) is 9.11. The molecule has 1 aromatic rings. The summed E-state index contributed by atoms with van der Waals surface area (Å²) in [4.78, 5) is 10.8. The molecule has 3 N–H and O–H groups in total. The van der Waals surface area contributed by atoms with Crippen LogP contribution in [0, 0.1) is 0 Å². The van der Waals surface area contributed by atoms with E-state index in [1.54, 1.807) is 25.3 Å². The van der Waals surface area contributed by atoms with E-state index in [4.69, 9.17) is 20.3 Å². The predicted molar refractivity (Wildman–Crippen MR) is 73.9 cm³/mol. The number of methoxy groups -OCH3 is 1. The molecule has 0 saturated carbocycles. The minimum atomic E-state index is -0.930. The molecule has 1 aliphatic heterocycles. The van der Waals surface area contributed by atoms with E-state index in [1.165, 1.54) is 0 Å². The maximum Gasteiger partial charge on any atom is 0.305 e. The number of rotatable bonds is 6. The van der Waals surface area contributed by atoms with Crippen molar-refractivity contribution in [1.29, 1.82) is 0 Å². The lowest BCUT2D eigenvalue weighted by atomic mass is 10.0. The van der Waals surface area contributed by atoms with E-state index in [2.05, 4.69) is 0 Å². The van der Waals surface area contributed by atoms with Gasteiger partial charge in [0.1, 0.15) is 6.10 Å². The van der Waals surface area contributed by atoms with Crippen molar-refractivity contribution in [3.63, 3.8) is 0 Å². The van der Waals surface area contributed by atoms with Crippen molar-refractivity contribution in [2.75, 3.05) is 18.6 Å². The van der Waals surface area contributed by atoms with Crippen LogP contribution in [0.25, 0.3) is 0 Å². The smallest absolute Gasteiger partial charge is 0.305 e. The maximum absolute atomic E-state index is 10.8. The molecule has 0 spiro atoms. The first-order valence-electron chi connectivity index (χ1n) is 6.00. The van der Waals surface area contributed by atoms with Crippen molar-refractivity contribution in [2.45, 2.75) is 18.6 Å². The molecule has 1 aliphatic rings. The van der Waals surface area contributed by atoms with E-state index in [0.717, 1.165) is 11.5 Å². The van der Waals surface area contributed by atoms with Gasteiger partial charge in [-0.1, -0.05) is 12.1 Å². The fourth-order valence-electron chi connectivity index (χ4n) is 1.86. The number of ether oxygens (including phenoxy) is 2. The Morgan fingerprint density at radius 2 is 2.32 bits per heavy atom. The summed E-state index contributed by atoms with van der Waals surface area (Å²) in [5.74, 6) is 2.11. The van der Waals surface area contributed by atoms with Gasteiger partial charge in [0.25, 0.3) is 0 Å². The van der Waals surface area contributed by atoms with Crippen molar-refractivity contribution >= 4 is 17.7 Å². The summed E-state index contributed by atoms with van der Waals surface area (Å²) in [5, 5.41) is 8.85. The Hall–Kier alpha value is -1.40. The molecule has 0 radical (unpaired) electrons. The Balaban J connectivity index is 2.26. The van der Waals surface area contributed by atoms with E-state index < -0.39 is 12.0 Å². The highest BCUT2D eigenvalue weighted by Crippen LogP contribution is 2.37. The van der Waals surface area contributed by atoms with Gasteiger partial charge in [0.15, 0.2) is 11.5 Å². The molecule has 0 bridgehead atoms. The number of para-hydroxylation sites is 1. The molecule has 1 atom stereocenters. The number of carboxylic acids is 1. The zero-order valence-corrected chi connectivity index (χ0v) is 11.5. The van der Waals surface area contributed by atoms with E-state index in [-0.39, 0.29) is 12.5 Å². The molecule has 1 fully saturated rings. The molecule has 5 nitrogen and oxygen atoms in total. The number of nitrogens with two attached hydrogens (primary N) is 1. The number of thioether (sulfide) groups is 1. The highest BCUT2D eigenvalue weighted by Gasteiger charge is 2.25. The van der Waals surface area contributed by atoms with Gasteiger partial charge in [0, 0.05) is 23.1 Å². The minimum Gasteiger partial charge on any atom is -0.493 e. The quantitative estimate of drug-likeness (QED) is 0.826. The number of aliphatic carboxylic acids is 1. The Bertz CT molecular complexity index is 462. The van der Waals surface area contributed by atoms with Crippen LogP contribution >= 0.6 is 11.8 Å². The van der Waals surface area contributed by atoms with Crippen LogP contribution in [0.2, 0.25) is 0 Å². The van der Waals surface area contributed by atoms with Gasteiger partial charge in [0.2, 0.25) is 0 Å². The van der Waals surface area contributed by atoms with Gasteiger partial charge in [-0.2, -0.15) is 11.8 Å². The number of carbonyl (C=O) groups is 1. The van der Waals surface area contributed by atoms with Crippen molar-refractivity contribution in [3.05, 3.63) is 23.8 Å². The number of benzene rings is 1. The fourth-order valence-corrected chi connectivity index (χ4v) is 2.42. The number of hydrogen-bond acceptors (Lipinski definition) is 5. The summed E-state index contributed by atoms with van der Waals surface area (Å²) in [6.45, 7) is 0. The molecule has 19 heavy (non-hydrogen) atoms. The molecule has 6 heteroatoms. The SMILES string of the molecule is COc1cccc(C(N)CC(=O)O)c1OC1CSC1. The molecule has 0 aromatic heterocycles. The van der Waals surface area contributed by atoms with Gasteiger partial charge in [-0.05, 0) is 6.07 Å². The standard InChI is InChI=1S/C13H17NO4S/c1-17-11-4-2-3-9(10(14)5-12(15)16)13(11)18-8-6-19-7-8/h2-4,8,10H,5-7,14H2,1H3,(H,15,16). The predicted octanol–water partition coefficient (Wildman–Crippen LogP) is 1.66. The summed E-state index contributed by atoms with van der Waals surface area (Å²) in [6.07, 6.45) is 0.0141. The zero-order valence-electron chi connectivity index (χ0n) is 10.7. The molecule has 1 unspecified atom stereocenters. The molecule has 0 amide bonds. The van der Waals surface area contributed by atoms with Gasteiger partial charge < -0.3 is 20.3 Å². The van der Waals surface area contributed by atoms with Gasteiger partial charge >= 0.3 is 5.97 Å². The van der Waals surface area contributed by atoms with Crippen molar-refractivity contribution in [3.8, 4) is 11.5 Å². The molecule has 104 valence electrons. The topological polar surface area (TPSA) is 81.8 Å². The highest BCUT2D eigenvalue weighted by molar-refractivity contribution is 8.00. The second kappa shape index (κ2) is 6.16. The third-order valence-electron chi connectivity index (χ3n) is 2.92. The molecular formula is C13H17NO4S. The average Bonchev–Trinajstić information content (AvgIpc) is 2.32. The molecule has 2 rings (SSSR count). The fraction of sp³-hybridized carbons (Fsp3) is 0.462. The number of hydrogen-bond donors (Lipinski definition) is 2. The molecular weight excluding hydrogens is 266 g/mol. The first-order valence-corrected chi connectivity index (χ1v) is 7.16. The van der Waals surface area contributed by atoms with Crippen LogP contribution in [0.4, 0.5) is 0 Å². The second-order valence-corrected chi connectivity index (χ2v) is 5.44. The molecule has 1 saturated heterocycles. The lowest BCUT2D eigenvalue weighted by Crippen LogP contribution is -2.32. The van der Waals surface area contributed by atoms with E-state index in [1.807, 2.05) is 11.8 Å². The highest BCUT2D eigenvalue weighted by atomic mass is 32.2. The number of carboxylic acid groups (broad SMARTS) is 1. The van der Waals surface area contributed by atoms with Crippen molar-refractivity contribution in [2.24, 2.45) is 5.73 Å². The van der Waals surface area contributed by atoms with Crippen LogP contribution in [0.3, 0.4) is 0 Å². The van der Waals surface area contributed by atoms with Crippen LogP contribution < -0.4 is 15.2 Å². The van der Waals surface area contributed by atoms with E-state index in [0.29, 0.717) is 17.1 Å². The summed E-state index contributed by atoms with van der Waals surface area (Å²) in [6, 6.07) is 4.77. The molecule has 0 aliphatic carbocycles. The molecule has 1 aromatic carbocycles. The Morgan fingerprint density at radius 1 is 1.58 bits per heavy atom. The summed E-state index contributed by atoms with van der Waals surface area (Å²) < 4.78 is 11.2. The van der Waals surface area contributed by atoms with Gasteiger partial charge in [-0.15, -0.1) is 0 Å². The van der Waals surface area contributed by atoms with Crippen molar-refractivity contribution < 1.29 is 19.4 Å². The zero-order chi connectivity index (χ0) is 13.8. The monoisotopic (exact) mass is 283 g/mol. The average molecular weight is 283 g/mol. The lowest BCUT2D eigenvalue weighted by Gasteiger charge is -2.28. The van der Waals surface area contributed by atoms with Crippen LogP contribution in [0.5, 0.6) is 11.5 Å². The third kappa shape index (κ3) is 3.33. The Kier molecular flexibility index (Phi) is 4.55. The normalized spacial score (nSPS) is 16.5. The third-order valence-corrected chi connectivity index (χ3v) is 4.13. The van der Waals surface area contributed by atoms with Crippen LogP contribution in [0.1, 0.15) is 18.0 Å². The Labute approximate surface area is 116 Å². The van der Waals surface area contributed by atoms with E-state index >= 15 is 0 Å². The van der Waals surface area contributed by atoms with Gasteiger partial charge in [-0.3, -0.25) is 4.79 Å². The van der Waals surface area contributed by atoms with Gasteiger partial charge in [-0.25, -0.2) is 0 Å². The summed E-state index contributed by atoms with van der Waals surface area (Å²) >= 11 is 1.81. The Morgan fingerprint density at radius 3 is 2.84 bits per heavy atom. The summed E-state index contributed by atoms with van der Waals surface area (Å²) in [7, 11) is 1.56.